The van der Waals surface area contributed by atoms with Gasteiger partial charge in [-0.3, -0.25) is 4.79 Å². The molecule has 2 aliphatic rings. The van der Waals surface area contributed by atoms with Gasteiger partial charge in [0.05, 0.1) is 11.9 Å². The van der Waals surface area contributed by atoms with Crippen molar-refractivity contribution in [1.82, 2.24) is 19.9 Å². The van der Waals surface area contributed by atoms with Crippen LogP contribution in [-0.2, 0) is 0 Å². The summed E-state index contributed by atoms with van der Waals surface area (Å²) in [6.45, 7) is 0. The highest BCUT2D eigenvalue weighted by Crippen LogP contribution is 2.31. The third kappa shape index (κ3) is 2.83. The lowest BCUT2D eigenvalue weighted by molar-refractivity contribution is 0.0937. The summed E-state index contributed by atoms with van der Waals surface area (Å²) in [7, 11) is 0. The minimum absolute atomic E-state index is 0.0751. The highest BCUT2D eigenvalue weighted by atomic mass is 16.1. The van der Waals surface area contributed by atoms with Gasteiger partial charge in [-0.15, -0.1) is 0 Å². The van der Waals surface area contributed by atoms with Gasteiger partial charge in [-0.2, -0.15) is 0 Å². The molecule has 1 amide bonds. The van der Waals surface area contributed by atoms with Crippen molar-refractivity contribution in [3.8, 4) is 0 Å². The van der Waals surface area contributed by atoms with Gasteiger partial charge in [0.15, 0.2) is 5.65 Å². The molecule has 0 spiro atoms. The van der Waals surface area contributed by atoms with E-state index in [2.05, 4.69) is 19.9 Å². The van der Waals surface area contributed by atoms with Crippen LogP contribution in [0, 0.1) is 0 Å². The number of nitrogens with one attached hydrogen (secondary N) is 1. The first kappa shape index (κ1) is 14.6. The molecule has 0 aliphatic heterocycles. The number of pyridine rings is 1. The Morgan fingerprint density at radius 2 is 2.04 bits per heavy atom. The van der Waals surface area contributed by atoms with Crippen LogP contribution in [-0.4, -0.2) is 32.5 Å². The predicted octanol–water partition coefficient (Wildman–Crippen LogP) is 2.16. The van der Waals surface area contributed by atoms with Crippen LogP contribution in [0.3, 0.4) is 0 Å². The molecule has 0 saturated heterocycles. The second-order valence-corrected chi connectivity index (χ2v) is 6.90. The molecule has 6 heteroatoms. The smallest absolute Gasteiger partial charge is 0.253 e. The van der Waals surface area contributed by atoms with E-state index in [1.165, 1.54) is 25.7 Å². The van der Waals surface area contributed by atoms with Gasteiger partial charge >= 0.3 is 0 Å². The van der Waals surface area contributed by atoms with E-state index in [9.17, 15) is 4.79 Å². The monoisotopic (exact) mass is 313 g/mol. The minimum atomic E-state index is -0.0751. The second-order valence-electron chi connectivity index (χ2n) is 6.90. The summed E-state index contributed by atoms with van der Waals surface area (Å²) < 4.78 is 2.17. The number of hydrogen-bond donors (Lipinski definition) is 2. The van der Waals surface area contributed by atoms with Crippen molar-refractivity contribution in [3.05, 3.63) is 24.2 Å². The molecule has 2 aromatic rings. The SMILES string of the molecule is N[C@@H]1CC[C@@H](NC(=O)c2cnc3c(c2)ncn3C2CCCC2)C1. The summed E-state index contributed by atoms with van der Waals surface area (Å²) >= 11 is 0. The molecule has 2 aromatic heterocycles. The van der Waals surface area contributed by atoms with Crippen molar-refractivity contribution in [2.45, 2.75) is 63.1 Å². The van der Waals surface area contributed by atoms with E-state index in [4.69, 9.17) is 5.73 Å². The van der Waals surface area contributed by atoms with E-state index in [-0.39, 0.29) is 18.0 Å². The Morgan fingerprint density at radius 1 is 1.22 bits per heavy atom. The Morgan fingerprint density at radius 3 is 2.78 bits per heavy atom. The van der Waals surface area contributed by atoms with E-state index in [1.807, 2.05) is 12.4 Å². The second kappa shape index (κ2) is 5.92. The molecule has 6 nitrogen and oxygen atoms in total. The van der Waals surface area contributed by atoms with Crippen molar-refractivity contribution >= 4 is 17.1 Å². The number of fused-ring (bicyclic) bond motifs is 1. The van der Waals surface area contributed by atoms with Gasteiger partial charge in [0, 0.05) is 24.3 Å². The Labute approximate surface area is 135 Å². The van der Waals surface area contributed by atoms with Gasteiger partial charge in [0.1, 0.15) is 5.52 Å². The molecule has 2 heterocycles. The van der Waals surface area contributed by atoms with Crippen molar-refractivity contribution in [1.29, 1.82) is 0 Å². The summed E-state index contributed by atoms with van der Waals surface area (Å²) in [5.74, 6) is -0.0751. The molecule has 0 aromatic carbocycles. The number of aromatic nitrogens is 3. The highest BCUT2D eigenvalue weighted by Gasteiger charge is 2.24. The van der Waals surface area contributed by atoms with E-state index in [1.54, 1.807) is 6.20 Å². The van der Waals surface area contributed by atoms with Gasteiger partial charge in [0.25, 0.3) is 5.91 Å². The van der Waals surface area contributed by atoms with E-state index in [0.717, 1.165) is 30.4 Å². The van der Waals surface area contributed by atoms with E-state index < -0.39 is 0 Å². The van der Waals surface area contributed by atoms with Crippen LogP contribution < -0.4 is 11.1 Å². The van der Waals surface area contributed by atoms with Crippen LogP contribution in [0.25, 0.3) is 11.2 Å². The quantitative estimate of drug-likeness (QED) is 0.909. The molecule has 2 fully saturated rings. The Hall–Kier alpha value is -1.95. The largest absolute Gasteiger partial charge is 0.349 e. The summed E-state index contributed by atoms with van der Waals surface area (Å²) in [6.07, 6.45) is 11.3. The summed E-state index contributed by atoms with van der Waals surface area (Å²) in [4.78, 5) is 21.3. The maximum Gasteiger partial charge on any atom is 0.253 e. The summed E-state index contributed by atoms with van der Waals surface area (Å²) in [6, 6.07) is 2.75. The molecule has 3 N–H and O–H groups in total. The molecule has 2 saturated carbocycles. The Bertz CT molecular complexity index is 719. The zero-order valence-corrected chi connectivity index (χ0v) is 13.2. The zero-order valence-electron chi connectivity index (χ0n) is 13.2. The third-order valence-electron chi connectivity index (χ3n) is 5.20. The first-order valence-corrected chi connectivity index (χ1v) is 8.60. The van der Waals surface area contributed by atoms with Gasteiger partial charge in [0.2, 0.25) is 0 Å². The maximum absolute atomic E-state index is 12.4. The normalized spacial score (nSPS) is 25.3. The number of imidazole rings is 1. The first-order valence-electron chi connectivity index (χ1n) is 8.60. The lowest BCUT2D eigenvalue weighted by Gasteiger charge is -2.13. The van der Waals surface area contributed by atoms with Crippen molar-refractivity contribution < 1.29 is 4.79 Å². The lowest BCUT2D eigenvalue weighted by Crippen LogP contribution is -2.34. The number of hydrogen-bond acceptors (Lipinski definition) is 4. The van der Waals surface area contributed by atoms with Gasteiger partial charge in [-0.25, -0.2) is 9.97 Å². The molecular formula is C17H23N5O. The van der Waals surface area contributed by atoms with Gasteiger partial charge in [-0.1, -0.05) is 12.8 Å². The average molecular weight is 313 g/mol. The van der Waals surface area contributed by atoms with Crippen LogP contribution in [0.1, 0.15) is 61.3 Å². The predicted molar refractivity (Wildman–Crippen MR) is 88.1 cm³/mol. The fraction of sp³-hybridized carbons (Fsp3) is 0.588. The van der Waals surface area contributed by atoms with Crippen molar-refractivity contribution in [2.24, 2.45) is 5.73 Å². The number of nitrogens with zero attached hydrogens (tertiary/aromatic N) is 3. The highest BCUT2D eigenvalue weighted by molar-refractivity contribution is 5.96. The van der Waals surface area contributed by atoms with Gasteiger partial charge < -0.3 is 15.6 Å². The summed E-state index contributed by atoms with van der Waals surface area (Å²) in [5.41, 5.74) is 8.16. The fourth-order valence-electron chi connectivity index (χ4n) is 3.91. The molecule has 0 radical (unpaired) electrons. The van der Waals surface area contributed by atoms with Crippen LogP contribution in [0.5, 0.6) is 0 Å². The standard InChI is InChI=1S/C17H23N5O/c18-12-5-6-13(8-12)21-17(23)11-7-15-16(19-9-11)22(10-20-15)14-3-1-2-4-14/h7,9-10,12-14H,1-6,8,18H2,(H,21,23)/t12-,13-/m1/s1. The molecule has 2 atom stereocenters. The topological polar surface area (TPSA) is 85.8 Å². The number of nitrogens with two attached hydrogens (primary N) is 1. The van der Waals surface area contributed by atoms with E-state index in [0.29, 0.717) is 11.6 Å². The van der Waals surface area contributed by atoms with Crippen molar-refractivity contribution in [2.75, 3.05) is 0 Å². The zero-order chi connectivity index (χ0) is 15.8. The number of carbonyl (C=O) groups excluding carboxylic acids is 1. The first-order chi connectivity index (χ1) is 11.2. The lowest BCUT2D eigenvalue weighted by atomic mass is 10.2. The minimum Gasteiger partial charge on any atom is -0.349 e. The molecule has 23 heavy (non-hydrogen) atoms. The van der Waals surface area contributed by atoms with Crippen LogP contribution >= 0.6 is 0 Å². The maximum atomic E-state index is 12.4. The number of carbonyl (C=O) groups is 1. The molecule has 0 unspecified atom stereocenters. The number of rotatable bonds is 3. The Kier molecular flexibility index (Phi) is 3.77. The van der Waals surface area contributed by atoms with Crippen LogP contribution in [0.15, 0.2) is 18.6 Å². The van der Waals surface area contributed by atoms with E-state index >= 15 is 0 Å². The average Bonchev–Trinajstić information content (AvgIpc) is 3.26. The van der Waals surface area contributed by atoms with Crippen LogP contribution in [0.4, 0.5) is 0 Å². The van der Waals surface area contributed by atoms with Crippen molar-refractivity contribution in [3.63, 3.8) is 0 Å². The number of amides is 1. The molecule has 0 bridgehead atoms. The molecule has 122 valence electrons. The van der Waals surface area contributed by atoms with Gasteiger partial charge in [-0.05, 0) is 38.2 Å². The fourth-order valence-corrected chi connectivity index (χ4v) is 3.91. The summed E-state index contributed by atoms with van der Waals surface area (Å²) in [5, 5.41) is 3.06. The third-order valence-corrected chi connectivity index (χ3v) is 5.20. The Balaban J connectivity index is 1.53. The molecule has 4 rings (SSSR count). The van der Waals surface area contributed by atoms with Crippen LogP contribution in [0.2, 0.25) is 0 Å². The molecular weight excluding hydrogens is 290 g/mol. The molecule has 2 aliphatic carbocycles.